The maximum absolute atomic E-state index is 13.8. The first-order valence-electron chi connectivity index (χ1n) is 8.00. The van der Waals surface area contributed by atoms with Crippen molar-refractivity contribution in [2.45, 2.75) is 6.10 Å². The Bertz CT molecular complexity index is 941. The summed E-state index contributed by atoms with van der Waals surface area (Å²) in [6.07, 6.45) is -0.983. The van der Waals surface area contributed by atoms with Crippen molar-refractivity contribution in [3.05, 3.63) is 71.8 Å². The molecule has 132 valence electrons. The Morgan fingerprint density at radius 1 is 1.08 bits per heavy atom. The lowest BCUT2D eigenvalue weighted by atomic mass is 10.1. The normalized spacial score (nSPS) is 11.8. The van der Waals surface area contributed by atoms with E-state index in [9.17, 15) is 13.9 Å². The molecule has 1 unspecified atom stereocenters. The van der Waals surface area contributed by atoms with Crippen molar-refractivity contribution in [3.8, 4) is 11.8 Å². The number of fused-ring (bicyclic) bond motifs is 1. The molecule has 3 rings (SSSR count). The molecule has 0 aromatic heterocycles. The van der Waals surface area contributed by atoms with E-state index in [0.29, 0.717) is 5.75 Å². The lowest BCUT2D eigenvalue weighted by Gasteiger charge is -2.16. The van der Waals surface area contributed by atoms with Crippen molar-refractivity contribution in [2.24, 2.45) is 0 Å². The summed E-state index contributed by atoms with van der Waals surface area (Å²) in [4.78, 5) is 0. The first kappa shape index (κ1) is 17.6. The number of ether oxygens (including phenoxy) is 1. The van der Waals surface area contributed by atoms with Gasteiger partial charge in [-0.3, -0.25) is 0 Å². The molecule has 0 spiro atoms. The maximum Gasteiger partial charge on any atom is 0.150 e. The summed E-state index contributed by atoms with van der Waals surface area (Å²) in [7, 11) is 0. The Balaban J connectivity index is 1.61. The van der Waals surface area contributed by atoms with Crippen LogP contribution in [0.25, 0.3) is 10.8 Å². The fourth-order valence-corrected chi connectivity index (χ4v) is 2.59. The summed E-state index contributed by atoms with van der Waals surface area (Å²) in [6, 6.07) is 16.8. The minimum absolute atomic E-state index is 0.0411. The van der Waals surface area contributed by atoms with Gasteiger partial charge in [-0.2, -0.15) is 5.26 Å². The molecular weight excluding hydrogens is 338 g/mol. The fourth-order valence-electron chi connectivity index (χ4n) is 2.59. The molecule has 0 aliphatic rings. The number of hydrogen-bond acceptors (Lipinski definition) is 4. The monoisotopic (exact) mass is 354 g/mol. The van der Waals surface area contributed by atoms with Crippen molar-refractivity contribution < 1.29 is 18.6 Å². The van der Waals surface area contributed by atoms with E-state index in [-0.39, 0.29) is 24.4 Å². The van der Waals surface area contributed by atoms with Gasteiger partial charge < -0.3 is 15.2 Å². The molecule has 0 fully saturated rings. The first-order valence-corrected chi connectivity index (χ1v) is 8.00. The highest BCUT2D eigenvalue weighted by molar-refractivity contribution is 5.88. The average molecular weight is 354 g/mol. The molecule has 1 atom stereocenters. The molecule has 0 radical (unpaired) electrons. The number of anilines is 1. The molecule has 0 bridgehead atoms. The Kier molecular flexibility index (Phi) is 5.30. The van der Waals surface area contributed by atoms with Gasteiger partial charge in [0.05, 0.1) is 11.6 Å². The van der Waals surface area contributed by atoms with Gasteiger partial charge in [0.25, 0.3) is 0 Å². The van der Waals surface area contributed by atoms with Crippen LogP contribution in [0, 0.1) is 23.0 Å². The summed E-state index contributed by atoms with van der Waals surface area (Å²) in [5.74, 6) is -1.15. The average Bonchev–Trinajstić information content (AvgIpc) is 2.65. The minimum atomic E-state index is -0.983. The Morgan fingerprint density at radius 3 is 2.50 bits per heavy atom. The van der Waals surface area contributed by atoms with Crippen molar-refractivity contribution in [1.82, 2.24) is 0 Å². The molecule has 6 heteroatoms. The highest BCUT2D eigenvalue weighted by Gasteiger charge is 2.13. The number of benzene rings is 3. The molecule has 3 aromatic rings. The van der Waals surface area contributed by atoms with Gasteiger partial charge in [-0.25, -0.2) is 8.78 Å². The van der Waals surface area contributed by atoms with Gasteiger partial charge >= 0.3 is 0 Å². The summed E-state index contributed by atoms with van der Waals surface area (Å²) >= 11 is 0. The molecule has 0 aliphatic carbocycles. The first-order chi connectivity index (χ1) is 12.6. The SMILES string of the molecule is N#Cc1cc(F)c(NCC(O)COc2cccc3ccccc23)c(F)c1. The van der Waals surface area contributed by atoms with E-state index in [0.717, 1.165) is 22.9 Å². The molecule has 2 N–H and O–H groups in total. The van der Waals surface area contributed by atoms with Gasteiger partial charge in [-0.1, -0.05) is 36.4 Å². The van der Waals surface area contributed by atoms with Crippen molar-refractivity contribution in [3.63, 3.8) is 0 Å². The van der Waals surface area contributed by atoms with Crippen LogP contribution in [-0.2, 0) is 0 Å². The van der Waals surface area contributed by atoms with Gasteiger partial charge in [0.15, 0.2) is 11.6 Å². The lowest BCUT2D eigenvalue weighted by Crippen LogP contribution is -2.27. The Labute approximate surface area is 149 Å². The molecular formula is C20H16F2N2O2. The van der Waals surface area contributed by atoms with Crippen LogP contribution in [0.15, 0.2) is 54.6 Å². The highest BCUT2D eigenvalue weighted by Crippen LogP contribution is 2.25. The van der Waals surface area contributed by atoms with Crippen LogP contribution in [0.1, 0.15) is 5.56 Å². The third-order valence-electron chi connectivity index (χ3n) is 3.87. The number of nitriles is 1. The van der Waals surface area contributed by atoms with Crippen LogP contribution < -0.4 is 10.1 Å². The number of rotatable bonds is 6. The van der Waals surface area contributed by atoms with Crippen LogP contribution in [0.4, 0.5) is 14.5 Å². The van der Waals surface area contributed by atoms with Crippen molar-refractivity contribution in [1.29, 1.82) is 5.26 Å². The van der Waals surface area contributed by atoms with E-state index >= 15 is 0 Å². The van der Waals surface area contributed by atoms with E-state index < -0.39 is 17.7 Å². The molecule has 0 saturated carbocycles. The van der Waals surface area contributed by atoms with E-state index in [1.165, 1.54) is 0 Å². The van der Waals surface area contributed by atoms with Crippen LogP contribution >= 0.6 is 0 Å². The second kappa shape index (κ2) is 7.81. The number of hydrogen-bond donors (Lipinski definition) is 2. The fraction of sp³-hybridized carbons (Fsp3) is 0.150. The number of aliphatic hydroxyl groups is 1. The predicted octanol–water partition coefficient (Wildman–Crippen LogP) is 3.84. The second-order valence-electron chi connectivity index (χ2n) is 5.75. The molecule has 0 amide bonds. The number of nitrogens with one attached hydrogen (secondary N) is 1. The largest absolute Gasteiger partial charge is 0.490 e. The van der Waals surface area contributed by atoms with Crippen LogP contribution in [0.5, 0.6) is 5.75 Å². The van der Waals surface area contributed by atoms with E-state index in [1.807, 2.05) is 36.4 Å². The van der Waals surface area contributed by atoms with Crippen molar-refractivity contribution >= 4 is 16.5 Å². The molecule has 0 saturated heterocycles. The van der Waals surface area contributed by atoms with Gasteiger partial charge in [-0.05, 0) is 23.6 Å². The second-order valence-corrected chi connectivity index (χ2v) is 5.75. The zero-order chi connectivity index (χ0) is 18.5. The standard InChI is InChI=1S/C20H16F2N2O2/c21-17-8-13(10-23)9-18(22)20(17)24-11-15(25)12-26-19-7-3-5-14-4-1-2-6-16(14)19/h1-9,15,24-25H,11-12H2. The highest BCUT2D eigenvalue weighted by atomic mass is 19.1. The molecule has 4 nitrogen and oxygen atoms in total. The minimum Gasteiger partial charge on any atom is -0.490 e. The summed E-state index contributed by atoms with van der Waals surface area (Å²) in [5.41, 5.74) is -0.487. The molecule has 26 heavy (non-hydrogen) atoms. The summed E-state index contributed by atoms with van der Waals surface area (Å²) in [6.45, 7) is -0.148. The molecule has 0 heterocycles. The van der Waals surface area contributed by atoms with Gasteiger partial charge in [0, 0.05) is 11.9 Å². The Hall–Kier alpha value is -3.17. The summed E-state index contributed by atoms with van der Waals surface area (Å²) in [5, 5.41) is 23.2. The molecule has 3 aromatic carbocycles. The van der Waals surface area contributed by atoms with Crippen molar-refractivity contribution in [2.75, 3.05) is 18.5 Å². The van der Waals surface area contributed by atoms with E-state index in [4.69, 9.17) is 10.00 Å². The summed E-state index contributed by atoms with van der Waals surface area (Å²) < 4.78 is 33.3. The van der Waals surface area contributed by atoms with E-state index in [2.05, 4.69) is 5.32 Å². The van der Waals surface area contributed by atoms with E-state index in [1.54, 1.807) is 12.1 Å². The van der Waals surface area contributed by atoms with Crippen LogP contribution in [-0.4, -0.2) is 24.4 Å². The predicted molar refractivity (Wildman–Crippen MR) is 95.0 cm³/mol. The van der Waals surface area contributed by atoms with Gasteiger partial charge in [0.1, 0.15) is 24.1 Å². The van der Waals surface area contributed by atoms with Crippen LogP contribution in [0.2, 0.25) is 0 Å². The third kappa shape index (κ3) is 3.90. The number of halogens is 2. The number of nitrogens with zero attached hydrogens (tertiary/aromatic N) is 1. The Morgan fingerprint density at radius 2 is 1.77 bits per heavy atom. The lowest BCUT2D eigenvalue weighted by molar-refractivity contribution is 0.118. The van der Waals surface area contributed by atoms with Gasteiger partial charge in [0.2, 0.25) is 0 Å². The van der Waals surface area contributed by atoms with Crippen LogP contribution in [0.3, 0.4) is 0 Å². The van der Waals surface area contributed by atoms with Gasteiger partial charge in [-0.15, -0.1) is 0 Å². The molecule has 0 aliphatic heterocycles. The smallest absolute Gasteiger partial charge is 0.150 e. The quantitative estimate of drug-likeness (QED) is 0.706. The third-order valence-corrected chi connectivity index (χ3v) is 3.87. The zero-order valence-corrected chi connectivity index (χ0v) is 13.7. The number of aliphatic hydroxyl groups excluding tert-OH is 1. The maximum atomic E-state index is 13.8. The topological polar surface area (TPSA) is 65.3 Å². The zero-order valence-electron chi connectivity index (χ0n) is 13.7.